The van der Waals surface area contributed by atoms with Crippen LogP contribution in [0.25, 0.3) is 0 Å². The van der Waals surface area contributed by atoms with E-state index in [0.717, 1.165) is 0 Å². The Morgan fingerprint density at radius 1 is 1.03 bits per heavy atom. The fourth-order valence-corrected chi connectivity index (χ4v) is 3.39. The highest BCUT2D eigenvalue weighted by Gasteiger charge is 2.23. The van der Waals surface area contributed by atoms with Crippen molar-refractivity contribution in [3.63, 3.8) is 0 Å². The molecular weight excluding hydrogens is 430 g/mol. The normalized spacial score (nSPS) is 14.3. The maximum absolute atomic E-state index is 12.8. The van der Waals surface area contributed by atoms with E-state index in [-0.39, 0.29) is 42.4 Å². The van der Waals surface area contributed by atoms with E-state index < -0.39 is 24.0 Å². The van der Waals surface area contributed by atoms with Gasteiger partial charge in [-0.05, 0) is 44.4 Å². The third kappa shape index (κ3) is 13.5. The minimum Gasteiger partial charge on any atom is -0.348 e. The Bertz CT molecular complexity index is 640. The van der Waals surface area contributed by atoms with E-state index in [1.165, 1.54) is 24.9 Å². The lowest BCUT2D eigenvalue weighted by Gasteiger charge is -2.23. The summed E-state index contributed by atoms with van der Waals surface area (Å²) < 4.78 is 2.98. The molecule has 0 radical (unpaired) electrons. The molecule has 3 unspecified atom stereocenters. The number of amides is 3. The van der Waals surface area contributed by atoms with Crippen LogP contribution < -0.4 is 26.4 Å². The zero-order chi connectivity index (χ0) is 24.7. The second-order valence-electron chi connectivity index (χ2n) is 8.49. The third-order valence-corrected chi connectivity index (χ3v) is 5.13. The van der Waals surface area contributed by atoms with Gasteiger partial charge >= 0.3 is 0 Å². The molecule has 0 aliphatic carbocycles. The van der Waals surface area contributed by atoms with Crippen LogP contribution in [0.5, 0.6) is 0 Å². The molecule has 0 aromatic carbocycles. The second kappa shape index (κ2) is 16.7. The van der Waals surface area contributed by atoms with Gasteiger partial charge in [0.2, 0.25) is 17.7 Å². The van der Waals surface area contributed by atoms with Gasteiger partial charge in [0.15, 0.2) is 5.78 Å². The molecule has 0 bridgehead atoms. The first-order valence-electron chi connectivity index (χ1n) is 11.1. The van der Waals surface area contributed by atoms with Crippen molar-refractivity contribution in [1.29, 1.82) is 0 Å². The molecular formula is C22H41N5O4S. The minimum absolute atomic E-state index is 0.0252. The molecule has 0 spiro atoms. The Morgan fingerprint density at radius 2 is 1.69 bits per heavy atom. The maximum Gasteiger partial charge on any atom is 0.244 e. The average Bonchev–Trinajstić information content (AvgIpc) is 2.69. The molecule has 184 valence electrons. The second-order valence-corrected chi connectivity index (χ2v) is 9.19. The van der Waals surface area contributed by atoms with Crippen molar-refractivity contribution in [2.24, 2.45) is 17.6 Å². The summed E-state index contributed by atoms with van der Waals surface area (Å²) in [6.45, 7) is 9.93. The highest BCUT2D eigenvalue weighted by atomic mass is 32.2. The van der Waals surface area contributed by atoms with Gasteiger partial charge in [0, 0.05) is 25.1 Å². The van der Waals surface area contributed by atoms with Crippen LogP contribution in [0.3, 0.4) is 0 Å². The molecule has 0 saturated heterocycles. The highest BCUT2D eigenvalue weighted by molar-refractivity contribution is 7.96. The number of rotatable bonds is 16. The van der Waals surface area contributed by atoms with E-state index in [4.69, 9.17) is 5.73 Å². The molecule has 0 rings (SSSR count). The summed E-state index contributed by atoms with van der Waals surface area (Å²) >= 11 is 1.42. The van der Waals surface area contributed by atoms with Crippen molar-refractivity contribution in [2.45, 2.75) is 72.0 Å². The van der Waals surface area contributed by atoms with E-state index in [1.807, 2.05) is 34.0 Å². The SMILES string of the molecule is CSNCCC(=O)NC(CCN)C(=O)NC(C=CC(=O)NC(C(C)=O)C(C)C)CC(C)C. The van der Waals surface area contributed by atoms with Crippen molar-refractivity contribution >= 4 is 35.5 Å². The fraction of sp³-hybridized carbons (Fsp3) is 0.727. The molecule has 32 heavy (non-hydrogen) atoms. The quantitative estimate of drug-likeness (QED) is 0.128. The minimum atomic E-state index is -0.748. The molecule has 9 nitrogen and oxygen atoms in total. The van der Waals surface area contributed by atoms with Gasteiger partial charge in [-0.25, -0.2) is 0 Å². The molecule has 3 atom stereocenters. The number of ketones is 1. The molecule has 10 heteroatoms. The summed E-state index contributed by atoms with van der Waals surface area (Å²) in [4.78, 5) is 48.9. The first kappa shape index (κ1) is 30.1. The predicted molar refractivity (Wildman–Crippen MR) is 130 cm³/mol. The smallest absolute Gasteiger partial charge is 0.244 e. The topological polar surface area (TPSA) is 142 Å². The maximum atomic E-state index is 12.8. The van der Waals surface area contributed by atoms with E-state index in [1.54, 1.807) is 6.08 Å². The summed E-state index contributed by atoms with van der Waals surface area (Å²) in [6, 6.07) is -1.71. The van der Waals surface area contributed by atoms with Gasteiger partial charge < -0.3 is 21.7 Å². The predicted octanol–water partition coefficient (Wildman–Crippen LogP) is 0.895. The molecule has 6 N–H and O–H groups in total. The zero-order valence-electron chi connectivity index (χ0n) is 20.2. The summed E-state index contributed by atoms with van der Waals surface area (Å²) in [5.41, 5.74) is 5.63. The monoisotopic (exact) mass is 471 g/mol. The third-order valence-electron chi connectivity index (χ3n) is 4.64. The van der Waals surface area contributed by atoms with E-state index in [9.17, 15) is 19.2 Å². The van der Waals surface area contributed by atoms with Gasteiger partial charge in [-0.2, -0.15) is 0 Å². The Kier molecular flexibility index (Phi) is 15.7. The van der Waals surface area contributed by atoms with Crippen LogP contribution in [0, 0.1) is 11.8 Å². The molecule has 0 saturated carbocycles. The van der Waals surface area contributed by atoms with Crippen LogP contribution in [0.1, 0.15) is 53.9 Å². The Morgan fingerprint density at radius 3 is 2.19 bits per heavy atom. The Labute approximate surface area is 196 Å². The number of hydrogen-bond donors (Lipinski definition) is 5. The van der Waals surface area contributed by atoms with Crippen LogP contribution in [-0.4, -0.2) is 61.0 Å². The summed E-state index contributed by atoms with van der Waals surface area (Å²) in [7, 11) is 0. The number of nitrogens with one attached hydrogen (secondary N) is 4. The van der Waals surface area contributed by atoms with Crippen LogP contribution in [-0.2, 0) is 19.2 Å². The van der Waals surface area contributed by atoms with Crippen LogP contribution in [0.4, 0.5) is 0 Å². The molecule has 0 aromatic heterocycles. The zero-order valence-corrected chi connectivity index (χ0v) is 21.0. The first-order chi connectivity index (χ1) is 15.0. The summed E-state index contributed by atoms with van der Waals surface area (Å²) in [5, 5.41) is 8.33. The van der Waals surface area contributed by atoms with Crippen LogP contribution >= 0.6 is 11.9 Å². The first-order valence-corrected chi connectivity index (χ1v) is 12.3. The van der Waals surface area contributed by atoms with E-state index >= 15 is 0 Å². The Balaban J connectivity index is 5.14. The summed E-state index contributed by atoms with van der Waals surface area (Å²) in [5.74, 6) is -0.853. The number of hydrogen-bond acceptors (Lipinski definition) is 7. The highest BCUT2D eigenvalue weighted by Crippen LogP contribution is 2.08. The number of Topliss-reactive ketones (excluding diaryl/α,β-unsaturated/α-hetero) is 1. The standard InChI is InChI=1S/C22H41N5O4S/c1-14(2)13-17(7-8-19(29)27-21(15(3)4)16(5)28)25-22(31)18(9-11-23)26-20(30)10-12-24-32-6/h7-8,14-15,17-18,21,24H,9-13,23H2,1-6H3,(H,25,31)(H,26,30)(H,27,29). The largest absolute Gasteiger partial charge is 0.348 e. The molecule has 0 aliphatic heterocycles. The van der Waals surface area contributed by atoms with Crippen molar-refractivity contribution in [1.82, 2.24) is 20.7 Å². The lowest BCUT2D eigenvalue weighted by molar-refractivity contribution is -0.129. The van der Waals surface area contributed by atoms with Crippen molar-refractivity contribution in [3.8, 4) is 0 Å². The summed E-state index contributed by atoms with van der Waals surface area (Å²) in [6.07, 6.45) is 5.99. The van der Waals surface area contributed by atoms with Gasteiger partial charge in [-0.1, -0.05) is 45.7 Å². The lowest BCUT2D eigenvalue weighted by atomic mass is 10.0. The van der Waals surface area contributed by atoms with E-state index in [2.05, 4.69) is 20.7 Å². The van der Waals surface area contributed by atoms with Crippen LogP contribution in [0.15, 0.2) is 12.2 Å². The molecule has 3 amide bonds. The number of nitrogens with two attached hydrogens (primary N) is 1. The molecule has 0 aromatic rings. The van der Waals surface area contributed by atoms with Crippen LogP contribution in [0.2, 0.25) is 0 Å². The number of carbonyl (C=O) groups is 4. The fourth-order valence-electron chi connectivity index (χ4n) is 3.09. The van der Waals surface area contributed by atoms with Gasteiger partial charge in [-0.15, -0.1) is 0 Å². The average molecular weight is 472 g/mol. The van der Waals surface area contributed by atoms with Crippen molar-refractivity contribution in [2.75, 3.05) is 19.3 Å². The van der Waals surface area contributed by atoms with Crippen molar-refractivity contribution in [3.05, 3.63) is 12.2 Å². The van der Waals surface area contributed by atoms with E-state index in [0.29, 0.717) is 19.4 Å². The van der Waals surface area contributed by atoms with Gasteiger partial charge in [0.1, 0.15) is 6.04 Å². The van der Waals surface area contributed by atoms with Gasteiger partial charge in [0.25, 0.3) is 0 Å². The Hall–Kier alpha value is -1.91. The molecule has 0 heterocycles. The van der Waals surface area contributed by atoms with Gasteiger partial charge in [0.05, 0.1) is 6.04 Å². The van der Waals surface area contributed by atoms with Gasteiger partial charge in [-0.3, -0.25) is 23.9 Å². The molecule has 0 fully saturated rings. The van der Waals surface area contributed by atoms with Crippen molar-refractivity contribution < 1.29 is 19.2 Å². The lowest BCUT2D eigenvalue weighted by Crippen LogP contribution is -2.50. The number of carbonyl (C=O) groups excluding carboxylic acids is 4. The molecule has 0 aliphatic rings.